The normalized spacial score (nSPS) is 11.6. The number of hydrogen-bond donors (Lipinski definition) is 2. The molecule has 0 unspecified atom stereocenters. The molecule has 0 aliphatic rings. The van der Waals surface area contributed by atoms with Gasteiger partial charge in [-0.05, 0) is 38.5 Å². The molecule has 2 nitrogen and oxygen atoms in total. The summed E-state index contributed by atoms with van der Waals surface area (Å²) in [6, 6.07) is 0. The maximum atomic E-state index is 3.28. The first kappa shape index (κ1) is 22.7. The SMILES string of the molecule is CCCCCCCCC=CCCCCCCCCNNCCC. The number of rotatable bonds is 19. The first-order valence-electron chi connectivity index (χ1n) is 10.5. The van der Waals surface area contributed by atoms with E-state index in [0.29, 0.717) is 0 Å². The van der Waals surface area contributed by atoms with Gasteiger partial charge in [0, 0.05) is 13.1 Å². The molecule has 0 heterocycles. The lowest BCUT2D eigenvalue weighted by molar-refractivity contribution is 0.498. The molecular weight excluding hydrogens is 280 g/mol. The van der Waals surface area contributed by atoms with Crippen LogP contribution in [0, 0.1) is 0 Å². The van der Waals surface area contributed by atoms with Crippen molar-refractivity contribution in [2.24, 2.45) is 0 Å². The second-order valence-corrected chi connectivity index (χ2v) is 6.79. The fraction of sp³-hybridized carbons (Fsp3) is 0.905. The predicted octanol–water partition coefficient (Wildman–Crippen LogP) is 6.53. The van der Waals surface area contributed by atoms with Gasteiger partial charge in [-0.1, -0.05) is 83.8 Å². The van der Waals surface area contributed by atoms with Gasteiger partial charge in [-0.25, -0.2) is 0 Å². The minimum Gasteiger partial charge on any atom is -0.258 e. The molecule has 2 heteroatoms. The van der Waals surface area contributed by atoms with E-state index in [1.807, 2.05) is 0 Å². The van der Waals surface area contributed by atoms with Gasteiger partial charge in [-0.2, -0.15) is 0 Å². The van der Waals surface area contributed by atoms with Crippen LogP contribution < -0.4 is 10.9 Å². The quantitative estimate of drug-likeness (QED) is 0.160. The molecule has 0 aromatic rings. The predicted molar refractivity (Wildman–Crippen MR) is 106 cm³/mol. The number of nitrogens with one attached hydrogen (secondary N) is 2. The molecule has 0 aromatic carbocycles. The van der Waals surface area contributed by atoms with E-state index in [9.17, 15) is 0 Å². The van der Waals surface area contributed by atoms with Gasteiger partial charge in [0.1, 0.15) is 0 Å². The molecule has 0 spiro atoms. The molecule has 2 N–H and O–H groups in total. The average molecular weight is 325 g/mol. The van der Waals surface area contributed by atoms with Crippen LogP contribution in [0.15, 0.2) is 12.2 Å². The zero-order chi connectivity index (χ0) is 16.8. The fourth-order valence-corrected chi connectivity index (χ4v) is 2.76. The Hall–Kier alpha value is -0.340. The summed E-state index contributed by atoms with van der Waals surface area (Å²) in [6.07, 6.45) is 25.3. The van der Waals surface area contributed by atoms with Crippen LogP contribution in [0.1, 0.15) is 110 Å². The lowest BCUT2D eigenvalue weighted by Crippen LogP contribution is -2.32. The highest BCUT2D eigenvalue weighted by Crippen LogP contribution is 2.09. The summed E-state index contributed by atoms with van der Waals surface area (Å²) in [5, 5.41) is 0. The van der Waals surface area contributed by atoms with Crippen molar-refractivity contribution in [3.8, 4) is 0 Å². The first-order valence-corrected chi connectivity index (χ1v) is 10.5. The Kier molecular flexibility index (Phi) is 21.3. The van der Waals surface area contributed by atoms with E-state index in [2.05, 4.69) is 36.9 Å². The summed E-state index contributed by atoms with van der Waals surface area (Å²) in [6.45, 7) is 6.66. The molecule has 23 heavy (non-hydrogen) atoms. The van der Waals surface area contributed by atoms with Crippen LogP contribution in [0.3, 0.4) is 0 Å². The molecule has 0 saturated carbocycles. The summed E-state index contributed by atoms with van der Waals surface area (Å²) in [7, 11) is 0. The largest absolute Gasteiger partial charge is 0.258 e. The highest BCUT2D eigenvalue weighted by molar-refractivity contribution is 4.81. The zero-order valence-electron chi connectivity index (χ0n) is 16.2. The second kappa shape index (κ2) is 21.7. The molecule has 0 rings (SSSR count). The molecule has 0 bridgehead atoms. The van der Waals surface area contributed by atoms with Crippen LogP contribution in [0.4, 0.5) is 0 Å². The summed E-state index contributed by atoms with van der Waals surface area (Å²) < 4.78 is 0. The molecule has 0 aliphatic heterocycles. The minimum atomic E-state index is 1.08. The van der Waals surface area contributed by atoms with Crippen molar-refractivity contribution < 1.29 is 0 Å². The smallest absolute Gasteiger partial charge is 0.00997 e. The van der Waals surface area contributed by atoms with Gasteiger partial charge in [0.2, 0.25) is 0 Å². The van der Waals surface area contributed by atoms with Gasteiger partial charge in [0.15, 0.2) is 0 Å². The number of allylic oxidation sites excluding steroid dienone is 2. The number of unbranched alkanes of at least 4 members (excludes halogenated alkanes) is 12. The Morgan fingerprint density at radius 1 is 0.478 bits per heavy atom. The van der Waals surface area contributed by atoms with Crippen molar-refractivity contribution in [3.05, 3.63) is 12.2 Å². The number of hydrogen-bond acceptors (Lipinski definition) is 2. The lowest BCUT2D eigenvalue weighted by atomic mass is 10.1. The number of hydrazine groups is 1. The Bertz CT molecular complexity index is 226. The lowest BCUT2D eigenvalue weighted by Gasteiger charge is -2.05. The maximum Gasteiger partial charge on any atom is 0.00997 e. The Morgan fingerprint density at radius 3 is 1.52 bits per heavy atom. The third-order valence-electron chi connectivity index (χ3n) is 4.31. The molecule has 0 fully saturated rings. The fourth-order valence-electron chi connectivity index (χ4n) is 2.76. The van der Waals surface area contributed by atoms with E-state index < -0.39 is 0 Å². The average Bonchev–Trinajstić information content (AvgIpc) is 2.57. The van der Waals surface area contributed by atoms with E-state index in [0.717, 1.165) is 13.1 Å². The highest BCUT2D eigenvalue weighted by Gasteiger charge is 1.91. The molecule has 0 radical (unpaired) electrons. The van der Waals surface area contributed by atoms with E-state index in [-0.39, 0.29) is 0 Å². The van der Waals surface area contributed by atoms with Crippen LogP contribution in [0.25, 0.3) is 0 Å². The van der Waals surface area contributed by atoms with Crippen LogP contribution >= 0.6 is 0 Å². The Morgan fingerprint density at radius 2 is 0.957 bits per heavy atom. The van der Waals surface area contributed by atoms with Crippen LogP contribution in [-0.4, -0.2) is 13.1 Å². The molecular formula is C21H44N2. The van der Waals surface area contributed by atoms with Gasteiger partial charge in [0.05, 0.1) is 0 Å². The third-order valence-corrected chi connectivity index (χ3v) is 4.31. The highest BCUT2D eigenvalue weighted by atomic mass is 15.3. The van der Waals surface area contributed by atoms with E-state index in [1.165, 1.54) is 96.3 Å². The molecule has 0 aliphatic carbocycles. The van der Waals surface area contributed by atoms with Gasteiger partial charge in [-0.15, -0.1) is 0 Å². The van der Waals surface area contributed by atoms with Crippen molar-refractivity contribution in [3.63, 3.8) is 0 Å². The Labute approximate surface area is 146 Å². The molecule has 0 aromatic heterocycles. The van der Waals surface area contributed by atoms with Crippen molar-refractivity contribution in [2.75, 3.05) is 13.1 Å². The standard InChI is InChI=1S/C21H44N2/c1-3-5-6-7-8-9-10-11-12-13-14-15-16-17-18-19-21-23-22-20-4-2/h11-12,22-23H,3-10,13-21H2,1-2H3. The van der Waals surface area contributed by atoms with Crippen molar-refractivity contribution in [1.29, 1.82) is 0 Å². The van der Waals surface area contributed by atoms with E-state index >= 15 is 0 Å². The van der Waals surface area contributed by atoms with E-state index in [4.69, 9.17) is 0 Å². The van der Waals surface area contributed by atoms with Crippen LogP contribution in [0.2, 0.25) is 0 Å². The second-order valence-electron chi connectivity index (χ2n) is 6.79. The third kappa shape index (κ3) is 21.7. The van der Waals surface area contributed by atoms with E-state index in [1.54, 1.807) is 0 Å². The minimum absolute atomic E-state index is 1.08. The zero-order valence-corrected chi connectivity index (χ0v) is 16.2. The van der Waals surface area contributed by atoms with Gasteiger partial charge >= 0.3 is 0 Å². The van der Waals surface area contributed by atoms with Crippen LogP contribution in [0.5, 0.6) is 0 Å². The van der Waals surface area contributed by atoms with Crippen molar-refractivity contribution >= 4 is 0 Å². The monoisotopic (exact) mass is 324 g/mol. The molecule has 138 valence electrons. The van der Waals surface area contributed by atoms with Crippen LogP contribution in [-0.2, 0) is 0 Å². The van der Waals surface area contributed by atoms with Gasteiger partial charge < -0.3 is 0 Å². The van der Waals surface area contributed by atoms with Gasteiger partial charge in [-0.3, -0.25) is 10.9 Å². The van der Waals surface area contributed by atoms with Crippen molar-refractivity contribution in [1.82, 2.24) is 10.9 Å². The first-order chi connectivity index (χ1) is 11.4. The Balaban J connectivity index is 3.02. The topological polar surface area (TPSA) is 24.1 Å². The summed E-state index contributed by atoms with van der Waals surface area (Å²) in [5.41, 5.74) is 6.51. The molecule has 0 saturated heterocycles. The van der Waals surface area contributed by atoms with Gasteiger partial charge in [0.25, 0.3) is 0 Å². The summed E-state index contributed by atoms with van der Waals surface area (Å²) in [4.78, 5) is 0. The summed E-state index contributed by atoms with van der Waals surface area (Å²) in [5.74, 6) is 0. The maximum absolute atomic E-state index is 3.28. The molecule has 0 amide bonds. The van der Waals surface area contributed by atoms with Crippen molar-refractivity contribution in [2.45, 2.75) is 110 Å². The summed E-state index contributed by atoms with van der Waals surface area (Å²) >= 11 is 0. The molecule has 0 atom stereocenters.